The maximum absolute atomic E-state index is 11.8. The quantitative estimate of drug-likeness (QED) is 0.475. The van der Waals surface area contributed by atoms with Crippen molar-refractivity contribution in [2.75, 3.05) is 5.32 Å². The molecule has 0 spiro atoms. The summed E-state index contributed by atoms with van der Waals surface area (Å²) in [7, 11) is 0. The minimum atomic E-state index is -0.569. The van der Waals surface area contributed by atoms with Gasteiger partial charge >= 0.3 is 0 Å². The number of para-hydroxylation sites is 1. The Balaban J connectivity index is 2.12. The van der Waals surface area contributed by atoms with E-state index in [0.717, 1.165) is 4.47 Å². The molecule has 1 amide bonds. The molecule has 22 heavy (non-hydrogen) atoms. The predicted octanol–water partition coefficient (Wildman–Crippen LogP) is 4.66. The zero-order valence-corrected chi connectivity index (χ0v) is 13.5. The number of nitro groups is 1. The molecule has 7 heteroatoms. The van der Waals surface area contributed by atoms with Crippen LogP contribution in [0.15, 0.2) is 53.0 Å². The number of nitro benzene ring substituents is 1. The van der Waals surface area contributed by atoms with E-state index in [2.05, 4.69) is 21.2 Å². The third-order valence-electron chi connectivity index (χ3n) is 2.73. The Morgan fingerprint density at radius 1 is 1.27 bits per heavy atom. The van der Waals surface area contributed by atoms with Gasteiger partial charge in [-0.05, 0) is 45.8 Å². The number of nitrogens with zero attached hydrogens (tertiary/aromatic N) is 1. The number of hydrogen-bond donors (Lipinski definition) is 1. The van der Waals surface area contributed by atoms with Crippen molar-refractivity contribution in [3.8, 4) is 0 Å². The first-order valence-electron chi connectivity index (χ1n) is 6.15. The van der Waals surface area contributed by atoms with Gasteiger partial charge in [0.15, 0.2) is 0 Å². The fraction of sp³-hybridized carbons (Fsp3) is 0. The Labute approximate surface area is 139 Å². The van der Waals surface area contributed by atoms with Crippen LogP contribution in [0.25, 0.3) is 6.08 Å². The predicted molar refractivity (Wildman–Crippen MR) is 89.9 cm³/mol. The van der Waals surface area contributed by atoms with Crippen molar-refractivity contribution in [3.05, 3.63) is 73.7 Å². The van der Waals surface area contributed by atoms with Crippen molar-refractivity contribution in [1.29, 1.82) is 0 Å². The molecule has 0 unspecified atom stereocenters. The molecule has 0 aromatic heterocycles. The SMILES string of the molecule is O=C(/C=C/c1ccc(Cl)c([N+](=O)[O-])c1)Nc1ccccc1Br. The second kappa shape index (κ2) is 7.20. The summed E-state index contributed by atoms with van der Waals surface area (Å²) in [6.45, 7) is 0. The standard InChI is InChI=1S/C15H10BrClN2O3/c16-11-3-1-2-4-13(11)18-15(20)8-6-10-5-7-12(17)14(9-10)19(21)22/h1-9H,(H,18,20)/b8-6+. The summed E-state index contributed by atoms with van der Waals surface area (Å²) in [5, 5.41) is 13.6. The van der Waals surface area contributed by atoms with Crippen LogP contribution in [0.1, 0.15) is 5.56 Å². The molecule has 2 aromatic carbocycles. The second-order valence-corrected chi connectivity index (χ2v) is 5.53. The van der Waals surface area contributed by atoms with Crippen molar-refractivity contribution >= 4 is 50.9 Å². The highest BCUT2D eigenvalue weighted by atomic mass is 79.9. The Morgan fingerprint density at radius 3 is 2.68 bits per heavy atom. The summed E-state index contributed by atoms with van der Waals surface area (Å²) in [6, 6.07) is 11.5. The van der Waals surface area contributed by atoms with E-state index in [1.165, 1.54) is 24.3 Å². The van der Waals surface area contributed by atoms with Crippen molar-refractivity contribution in [2.24, 2.45) is 0 Å². The molecule has 0 aliphatic heterocycles. The lowest BCUT2D eigenvalue weighted by Gasteiger charge is -2.04. The molecule has 0 saturated heterocycles. The smallest absolute Gasteiger partial charge is 0.288 e. The van der Waals surface area contributed by atoms with E-state index in [1.54, 1.807) is 18.2 Å². The highest BCUT2D eigenvalue weighted by Gasteiger charge is 2.11. The van der Waals surface area contributed by atoms with Crippen LogP contribution in [-0.4, -0.2) is 10.8 Å². The second-order valence-electron chi connectivity index (χ2n) is 4.27. The first kappa shape index (κ1) is 16.2. The molecule has 0 heterocycles. The van der Waals surface area contributed by atoms with Crippen LogP contribution in [0, 0.1) is 10.1 Å². The molecule has 2 aromatic rings. The van der Waals surface area contributed by atoms with E-state index in [4.69, 9.17) is 11.6 Å². The van der Waals surface area contributed by atoms with Gasteiger partial charge in [-0.3, -0.25) is 14.9 Å². The molecule has 1 N–H and O–H groups in total. The Morgan fingerprint density at radius 2 is 2.00 bits per heavy atom. The van der Waals surface area contributed by atoms with E-state index in [-0.39, 0.29) is 16.6 Å². The highest BCUT2D eigenvalue weighted by molar-refractivity contribution is 9.10. The first-order valence-corrected chi connectivity index (χ1v) is 7.32. The molecule has 0 fully saturated rings. The van der Waals surface area contributed by atoms with Gasteiger partial charge in [0, 0.05) is 16.6 Å². The largest absolute Gasteiger partial charge is 0.321 e. The number of amides is 1. The molecule has 2 rings (SSSR count). The zero-order valence-electron chi connectivity index (χ0n) is 11.1. The van der Waals surface area contributed by atoms with Gasteiger partial charge in [-0.15, -0.1) is 0 Å². The number of benzene rings is 2. The minimum Gasteiger partial charge on any atom is -0.321 e. The van der Waals surface area contributed by atoms with Gasteiger partial charge in [0.2, 0.25) is 5.91 Å². The third kappa shape index (κ3) is 4.16. The van der Waals surface area contributed by atoms with Crippen LogP contribution >= 0.6 is 27.5 Å². The Kier molecular flexibility index (Phi) is 5.30. The molecular weight excluding hydrogens is 372 g/mol. The number of nitrogens with one attached hydrogen (secondary N) is 1. The van der Waals surface area contributed by atoms with E-state index >= 15 is 0 Å². The topological polar surface area (TPSA) is 72.2 Å². The molecule has 112 valence electrons. The van der Waals surface area contributed by atoms with Gasteiger partial charge < -0.3 is 5.32 Å². The van der Waals surface area contributed by atoms with E-state index in [9.17, 15) is 14.9 Å². The number of carbonyl (C=O) groups excluding carboxylic acids is 1. The molecule has 0 bridgehead atoms. The van der Waals surface area contributed by atoms with E-state index in [0.29, 0.717) is 11.3 Å². The van der Waals surface area contributed by atoms with Crippen LogP contribution in [0.2, 0.25) is 5.02 Å². The number of anilines is 1. The maximum Gasteiger partial charge on any atom is 0.288 e. The first-order chi connectivity index (χ1) is 10.5. The lowest BCUT2D eigenvalue weighted by molar-refractivity contribution is -0.384. The van der Waals surface area contributed by atoms with Gasteiger partial charge in [0.1, 0.15) is 5.02 Å². The Hall–Kier alpha value is -2.18. The lowest BCUT2D eigenvalue weighted by atomic mass is 10.2. The lowest BCUT2D eigenvalue weighted by Crippen LogP contribution is -2.08. The summed E-state index contributed by atoms with van der Waals surface area (Å²) in [5.41, 5.74) is 0.952. The average molecular weight is 382 g/mol. The fourth-order valence-electron chi connectivity index (χ4n) is 1.68. The number of rotatable bonds is 4. The van der Waals surface area contributed by atoms with Gasteiger partial charge in [-0.2, -0.15) is 0 Å². The van der Waals surface area contributed by atoms with Gasteiger partial charge in [-0.25, -0.2) is 0 Å². The summed E-state index contributed by atoms with van der Waals surface area (Å²) in [4.78, 5) is 22.1. The minimum absolute atomic E-state index is 0.0554. The summed E-state index contributed by atoms with van der Waals surface area (Å²) < 4.78 is 0.763. The molecule has 5 nitrogen and oxygen atoms in total. The van der Waals surface area contributed by atoms with Crippen molar-refractivity contribution in [1.82, 2.24) is 0 Å². The van der Waals surface area contributed by atoms with Crippen molar-refractivity contribution in [3.63, 3.8) is 0 Å². The third-order valence-corrected chi connectivity index (χ3v) is 3.74. The zero-order chi connectivity index (χ0) is 16.1. The van der Waals surface area contributed by atoms with Gasteiger partial charge in [-0.1, -0.05) is 29.8 Å². The molecular formula is C15H10BrClN2O3. The summed E-state index contributed by atoms with van der Waals surface area (Å²) >= 11 is 9.05. The van der Waals surface area contributed by atoms with Crippen LogP contribution < -0.4 is 5.32 Å². The normalized spacial score (nSPS) is 10.6. The van der Waals surface area contributed by atoms with Crippen LogP contribution in [0.4, 0.5) is 11.4 Å². The van der Waals surface area contributed by atoms with Crippen molar-refractivity contribution < 1.29 is 9.72 Å². The number of hydrogen-bond acceptors (Lipinski definition) is 3. The molecule has 0 saturated carbocycles. The van der Waals surface area contributed by atoms with Crippen LogP contribution in [-0.2, 0) is 4.79 Å². The van der Waals surface area contributed by atoms with Gasteiger partial charge in [0.05, 0.1) is 10.6 Å². The van der Waals surface area contributed by atoms with E-state index < -0.39 is 4.92 Å². The van der Waals surface area contributed by atoms with Crippen LogP contribution in [0.5, 0.6) is 0 Å². The van der Waals surface area contributed by atoms with Crippen molar-refractivity contribution in [2.45, 2.75) is 0 Å². The molecule has 0 aliphatic carbocycles. The monoisotopic (exact) mass is 380 g/mol. The summed E-state index contributed by atoms with van der Waals surface area (Å²) in [6.07, 6.45) is 2.78. The van der Waals surface area contributed by atoms with Gasteiger partial charge in [0.25, 0.3) is 5.69 Å². The highest BCUT2D eigenvalue weighted by Crippen LogP contribution is 2.25. The number of halogens is 2. The molecule has 0 aliphatic rings. The maximum atomic E-state index is 11.8. The van der Waals surface area contributed by atoms with Crippen LogP contribution in [0.3, 0.4) is 0 Å². The Bertz CT molecular complexity index is 762. The average Bonchev–Trinajstić information content (AvgIpc) is 2.48. The number of carbonyl (C=O) groups is 1. The summed E-state index contributed by atoms with van der Waals surface area (Å²) in [5.74, 6) is -0.343. The fourth-order valence-corrected chi connectivity index (χ4v) is 2.25. The molecule has 0 atom stereocenters. The molecule has 0 radical (unpaired) electrons. The van der Waals surface area contributed by atoms with E-state index in [1.807, 2.05) is 12.1 Å².